The summed E-state index contributed by atoms with van der Waals surface area (Å²) in [4.78, 5) is 22.9. The molecule has 9 heteroatoms. The Morgan fingerprint density at radius 1 is 0.545 bits per heavy atom. The van der Waals surface area contributed by atoms with Gasteiger partial charge in [-0.15, -0.1) is 0 Å². The molecule has 2 atom stereocenters. The van der Waals surface area contributed by atoms with Crippen LogP contribution in [0.15, 0.2) is 12.2 Å². The third kappa shape index (κ3) is 44.2. The lowest BCUT2D eigenvalue weighted by Crippen LogP contribution is -2.37. The SMILES string of the molecule is CCCCC/C=C\CCCCCCCC(=O)OC(COCCCCCCCCCCCCCCCCCCCCCCC)COP(=O)(O)OCC[N+](C)(C)C. The quantitative estimate of drug-likeness (QED) is 0.0216. The van der Waals surface area contributed by atoms with Crippen molar-refractivity contribution < 1.29 is 37.3 Å². The lowest BCUT2D eigenvalue weighted by atomic mass is 10.0. The smallest absolute Gasteiger partial charge is 0.457 e. The van der Waals surface area contributed by atoms with Crippen LogP contribution in [0.1, 0.15) is 219 Å². The molecule has 55 heavy (non-hydrogen) atoms. The molecular weight excluding hydrogens is 709 g/mol. The van der Waals surface area contributed by atoms with Crippen LogP contribution in [0.4, 0.5) is 0 Å². The number of allylic oxidation sites excluding steroid dienone is 2. The Morgan fingerprint density at radius 3 is 1.42 bits per heavy atom. The molecule has 0 aliphatic heterocycles. The van der Waals surface area contributed by atoms with Gasteiger partial charge in [0.25, 0.3) is 0 Å². The van der Waals surface area contributed by atoms with Crippen LogP contribution in [0, 0.1) is 0 Å². The van der Waals surface area contributed by atoms with E-state index in [0.29, 0.717) is 24.1 Å². The normalized spacial score (nSPS) is 13.8. The molecule has 0 aromatic carbocycles. The number of quaternary nitrogens is 1. The largest absolute Gasteiger partial charge is 0.472 e. The van der Waals surface area contributed by atoms with Gasteiger partial charge in [0.05, 0.1) is 34.4 Å². The number of hydrogen-bond donors (Lipinski definition) is 1. The van der Waals surface area contributed by atoms with E-state index >= 15 is 0 Å². The maximum Gasteiger partial charge on any atom is 0.472 e. The Labute approximate surface area is 341 Å². The number of esters is 1. The van der Waals surface area contributed by atoms with Crippen molar-refractivity contribution in [2.24, 2.45) is 0 Å². The summed E-state index contributed by atoms with van der Waals surface area (Å²) < 4.78 is 35.0. The van der Waals surface area contributed by atoms with Crippen LogP contribution in [0.2, 0.25) is 0 Å². The van der Waals surface area contributed by atoms with Crippen LogP contribution >= 0.6 is 7.82 Å². The predicted molar refractivity (Wildman–Crippen MR) is 234 cm³/mol. The van der Waals surface area contributed by atoms with Crippen molar-refractivity contribution in [3.8, 4) is 0 Å². The van der Waals surface area contributed by atoms with Crippen molar-refractivity contribution in [1.82, 2.24) is 0 Å². The van der Waals surface area contributed by atoms with E-state index in [1.54, 1.807) is 0 Å². The number of carbonyl (C=O) groups excluding carboxylic acids is 1. The molecule has 0 rings (SSSR count). The maximum atomic E-state index is 12.7. The van der Waals surface area contributed by atoms with Crippen molar-refractivity contribution in [3.63, 3.8) is 0 Å². The highest BCUT2D eigenvalue weighted by Crippen LogP contribution is 2.43. The van der Waals surface area contributed by atoms with Crippen molar-refractivity contribution in [1.29, 1.82) is 0 Å². The van der Waals surface area contributed by atoms with Gasteiger partial charge < -0.3 is 18.9 Å². The second-order valence-corrected chi connectivity index (χ2v) is 18.6. The first kappa shape index (κ1) is 54.2. The monoisotopic (exact) mass is 803 g/mol. The zero-order valence-corrected chi connectivity index (χ0v) is 38.1. The third-order valence-corrected chi connectivity index (χ3v) is 11.3. The van der Waals surface area contributed by atoms with Crippen LogP contribution < -0.4 is 0 Å². The second kappa shape index (κ2) is 40.0. The van der Waals surface area contributed by atoms with Gasteiger partial charge in [0.15, 0.2) is 0 Å². The zero-order valence-electron chi connectivity index (χ0n) is 37.2. The van der Waals surface area contributed by atoms with E-state index in [9.17, 15) is 14.3 Å². The van der Waals surface area contributed by atoms with E-state index in [-0.39, 0.29) is 25.8 Å². The Kier molecular flexibility index (Phi) is 39.5. The Morgan fingerprint density at radius 2 is 0.945 bits per heavy atom. The van der Waals surface area contributed by atoms with Gasteiger partial charge in [0.1, 0.15) is 19.3 Å². The fourth-order valence-corrected chi connectivity index (χ4v) is 7.41. The summed E-state index contributed by atoms with van der Waals surface area (Å²) in [6, 6.07) is 0. The van der Waals surface area contributed by atoms with Gasteiger partial charge in [-0.25, -0.2) is 4.57 Å². The summed E-state index contributed by atoms with van der Waals surface area (Å²) in [6.45, 7) is 5.63. The molecule has 8 nitrogen and oxygen atoms in total. The molecule has 0 radical (unpaired) electrons. The third-order valence-electron chi connectivity index (χ3n) is 10.3. The molecule has 0 aliphatic rings. The van der Waals surface area contributed by atoms with E-state index in [0.717, 1.165) is 44.9 Å². The van der Waals surface area contributed by atoms with E-state index < -0.39 is 13.9 Å². The Hall–Kier alpha value is -0.760. The first-order chi connectivity index (χ1) is 26.6. The van der Waals surface area contributed by atoms with Crippen molar-refractivity contribution in [3.05, 3.63) is 12.2 Å². The Balaban J connectivity index is 4.09. The van der Waals surface area contributed by atoms with Crippen molar-refractivity contribution in [2.45, 2.75) is 225 Å². The molecule has 0 spiro atoms. The fraction of sp³-hybridized carbons (Fsp3) is 0.935. The summed E-state index contributed by atoms with van der Waals surface area (Å²) in [5, 5.41) is 0. The minimum Gasteiger partial charge on any atom is -0.457 e. The van der Waals surface area contributed by atoms with Crippen LogP contribution in [0.5, 0.6) is 0 Å². The van der Waals surface area contributed by atoms with Gasteiger partial charge in [-0.1, -0.05) is 187 Å². The number of unbranched alkanes of at least 4 members (excludes halogenated alkanes) is 28. The Bertz CT molecular complexity index is 894. The van der Waals surface area contributed by atoms with Crippen LogP contribution in [-0.2, 0) is 27.9 Å². The minimum atomic E-state index is -4.27. The maximum absolute atomic E-state index is 12.7. The fourth-order valence-electron chi connectivity index (χ4n) is 6.67. The predicted octanol–water partition coefficient (Wildman–Crippen LogP) is 13.8. The number of nitrogens with zero attached hydrogens (tertiary/aromatic N) is 1. The number of hydrogen-bond acceptors (Lipinski definition) is 6. The summed E-state index contributed by atoms with van der Waals surface area (Å²) in [6.07, 6.45) is 43.9. The topological polar surface area (TPSA) is 91.3 Å². The lowest BCUT2D eigenvalue weighted by molar-refractivity contribution is -0.870. The highest BCUT2D eigenvalue weighted by Gasteiger charge is 2.26. The number of carbonyl (C=O) groups is 1. The molecule has 0 heterocycles. The number of phosphoric acid groups is 1. The van der Waals surface area contributed by atoms with E-state index in [4.69, 9.17) is 18.5 Å². The van der Waals surface area contributed by atoms with Gasteiger partial charge in [0, 0.05) is 13.0 Å². The van der Waals surface area contributed by atoms with Crippen LogP contribution in [-0.4, -0.2) is 75.6 Å². The van der Waals surface area contributed by atoms with Gasteiger partial charge in [-0.3, -0.25) is 13.8 Å². The first-order valence-corrected chi connectivity index (χ1v) is 24.9. The van der Waals surface area contributed by atoms with Crippen molar-refractivity contribution in [2.75, 3.05) is 54.1 Å². The second-order valence-electron chi connectivity index (χ2n) is 17.1. The molecule has 2 unspecified atom stereocenters. The average Bonchev–Trinajstić information content (AvgIpc) is 3.13. The van der Waals surface area contributed by atoms with Gasteiger partial charge in [-0.05, 0) is 38.5 Å². The molecule has 0 saturated carbocycles. The van der Waals surface area contributed by atoms with E-state index in [1.807, 2.05) is 21.1 Å². The van der Waals surface area contributed by atoms with Gasteiger partial charge in [0.2, 0.25) is 0 Å². The number of ether oxygens (including phenoxy) is 2. The molecule has 1 N–H and O–H groups in total. The molecule has 0 saturated heterocycles. The average molecular weight is 803 g/mol. The molecule has 0 aromatic heterocycles. The molecule has 0 fully saturated rings. The molecule has 0 amide bonds. The summed E-state index contributed by atoms with van der Waals surface area (Å²) in [5.74, 6) is -0.319. The highest BCUT2D eigenvalue weighted by molar-refractivity contribution is 7.47. The zero-order chi connectivity index (χ0) is 40.6. The first-order valence-electron chi connectivity index (χ1n) is 23.4. The van der Waals surface area contributed by atoms with Gasteiger partial charge >= 0.3 is 13.8 Å². The lowest BCUT2D eigenvalue weighted by Gasteiger charge is -2.24. The summed E-state index contributed by atoms with van der Waals surface area (Å²) in [7, 11) is 1.67. The number of likely N-dealkylation sites (N-methyl/N-ethyl adjacent to an activating group) is 1. The minimum absolute atomic E-state index is 0.0902. The standard InChI is InChI=1S/C46H92NO7P/c1-6-8-10-12-14-16-18-20-21-22-23-24-25-26-27-28-30-32-34-36-38-41-51-43-45(44-53-55(49,50)52-42-40-47(3,4)5)54-46(48)39-37-35-33-31-29-19-17-15-13-11-9-7-2/h15,17,45H,6-14,16,18-44H2,1-5H3/p+1/b17-15-. The van der Waals surface area contributed by atoms with Crippen LogP contribution in [0.25, 0.3) is 0 Å². The number of phosphoric ester groups is 1. The highest BCUT2D eigenvalue weighted by atomic mass is 31.2. The molecule has 0 aliphatic carbocycles. The van der Waals surface area contributed by atoms with Gasteiger partial charge in [-0.2, -0.15) is 0 Å². The van der Waals surface area contributed by atoms with E-state index in [2.05, 4.69) is 26.0 Å². The molecule has 328 valence electrons. The summed E-state index contributed by atoms with van der Waals surface area (Å²) in [5.41, 5.74) is 0. The molecular formula is C46H93NO7P+. The molecule has 0 aromatic rings. The summed E-state index contributed by atoms with van der Waals surface area (Å²) >= 11 is 0. The van der Waals surface area contributed by atoms with Crippen LogP contribution in [0.3, 0.4) is 0 Å². The number of rotatable bonds is 44. The van der Waals surface area contributed by atoms with E-state index in [1.165, 1.54) is 154 Å². The van der Waals surface area contributed by atoms with Crippen molar-refractivity contribution >= 4 is 13.8 Å². The molecule has 0 bridgehead atoms.